The van der Waals surface area contributed by atoms with Crippen LogP contribution in [-0.4, -0.2) is 37.1 Å². The molecule has 0 unspecified atom stereocenters. The molecular formula is C15H22N2O3. The first-order valence-corrected chi connectivity index (χ1v) is 7.26. The quantitative estimate of drug-likeness (QED) is 0.920. The third-order valence-electron chi connectivity index (χ3n) is 4.21. The molecule has 1 saturated carbocycles. The van der Waals surface area contributed by atoms with Crippen molar-refractivity contribution in [2.75, 3.05) is 25.6 Å². The van der Waals surface area contributed by atoms with Gasteiger partial charge in [-0.1, -0.05) is 0 Å². The molecule has 20 heavy (non-hydrogen) atoms. The maximum absolute atomic E-state index is 5.76. The molecule has 2 fully saturated rings. The van der Waals surface area contributed by atoms with Gasteiger partial charge in [0.1, 0.15) is 0 Å². The van der Waals surface area contributed by atoms with Crippen LogP contribution in [0, 0.1) is 6.92 Å². The van der Waals surface area contributed by atoms with Crippen LogP contribution in [0.2, 0.25) is 0 Å². The first kappa shape index (κ1) is 13.6. The first-order chi connectivity index (χ1) is 9.72. The van der Waals surface area contributed by atoms with Crippen LogP contribution in [0.3, 0.4) is 0 Å². The molecule has 0 atom stereocenters. The van der Waals surface area contributed by atoms with E-state index >= 15 is 0 Å². The Balaban J connectivity index is 1.64. The fourth-order valence-corrected chi connectivity index (χ4v) is 3.13. The minimum Gasteiger partial charge on any atom is -0.493 e. The van der Waals surface area contributed by atoms with Gasteiger partial charge >= 0.3 is 0 Å². The number of pyridine rings is 1. The van der Waals surface area contributed by atoms with E-state index in [9.17, 15) is 0 Å². The van der Waals surface area contributed by atoms with Crippen LogP contribution >= 0.6 is 0 Å². The molecule has 1 aliphatic carbocycles. The van der Waals surface area contributed by atoms with E-state index in [0.29, 0.717) is 6.04 Å². The summed E-state index contributed by atoms with van der Waals surface area (Å²) >= 11 is 0. The van der Waals surface area contributed by atoms with E-state index in [2.05, 4.69) is 10.3 Å². The highest BCUT2D eigenvalue weighted by Crippen LogP contribution is 2.37. The smallest absolute Gasteiger partial charge is 0.168 e. The van der Waals surface area contributed by atoms with Gasteiger partial charge in [-0.25, -0.2) is 0 Å². The molecule has 0 aromatic carbocycles. The molecule has 1 saturated heterocycles. The van der Waals surface area contributed by atoms with Crippen molar-refractivity contribution < 1.29 is 14.2 Å². The molecule has 0 amide bonds. The molecule has 0 radical (unpaired) electrons. The number of ether oxygens (including phenoxy) is 3. The van der Waals surface area contributed by atoms with Gasteiger partial charge in [-0.05, 0) is 25.8 Å². The lowest BCUT2D eigenvalue weighted by molar-refractivity contribution is -0.177. The van der Waals surface area contributed by atoms with Crippen molar-refractivity contribution >= 4 is 5.69 Å². The number of nitrogens with zero attached hydrogens (tertiary/aromatic N) is 1. The van der Waals surface area contributed by atoms with Gasteiger partial charge in [0.05, 0.1) is 31.7 Å². The van der Waals surface area contributed by atoms with E-state index in [1.165, 1.54) is 0 Å². The summed E-state index contributed by atoms with van der Waals surface area (Å²) in [6.07, 6.45) is 5.82. The number of methoxy groups -OCH3 is 1. The second-order valence-electron chi connectivity index (χ2n) is 5.50. The molecule has 110 valence electrons. The first-order valence-electron chi connectivity index (χ1n) is 7.26. The Bertz CT molecular complexity index is 462. The molecule has 1 aromatic heterocycles. The summed E-state index contributed by atoms with van der Waals surface area (Å²) < 4.78 is 17.0. The summed E-state index contributed by atoms with van der Waals surface area (Å²) in [5.74, 6) is 0.539. The van der Waals surface area contributed by atoms with Crippen LogP contribution in [0.4, 0.5) is 5.69 Å². The summed E-state index contributed by atoms with van der Waals surface area (Å²) in [5.41, 5.74) is 1.93. The SMILES string of the molecule is COc1c(NC2CCC3(CC2)OCCO3)ccnc1C. The van der Waals surface area contributed by atoms with Gasteiger partial charge in [-0.2, -0.15) is 0 Å². The van der Waals surface area contributed by atoms with Gasteiger partial charge in [-0.15, -0.1) is 0 Å². The summed E-state index contributed by atoms with van der Waals surface area (Å²) in [6, 6.07) is 2.41. The second-order valence-corrected chi connectivity index (χ2v) is 5.50. The van der Waals surface area contributed by atoms with Crippen LogP contribution < -0.4 is 10.1 Å². The van der Waals surface area contributed by atoms with Crippen LogP contribution in [0.25, 0.3) is 0 Å². The highest BCUT2D eigenvalue weighted by molar-refractivity contribution is 5.58. The van der Waals surface area contributed by atoms with Crippen LogP contribution in [0.1, 0.15) is 31.4 Å². The second kappa shape index (κ2) is 5.58. The number of aromatic nitrogens is 1. The van der Waals surface area contributed by atoms with Gasteiger partial charge in [0.2, 0.25) is 0 Å². The lowest BCUT2D eigenvalue weighted by Crippen LogP contribution is -2.39. The van der Waals surface area contributed by atoms with E-state index in [-0.39, 0.29) is 5.79 Å². The molecule has 5 nitrogen and oxygen atoms in total. The largest absolute Gasteiger partial charge is 0.493 e. The van der Waals surface area contributed by atoms with E-state index in [1.54, 1.807) is 7.11 Å². The van der Waals surface area contributed by atoms with Crippen LogP contribution in [0.5, 0.6) is 5.75 Å². The van der Waals surface area contributed by atoms with Crippen molar-refractivity contribution in [2.45, 2.75) is 44.4 Å². The molecule has 2 aliphatic rings. The zero-order valence-corrected chi connectivity index (χ0v) is 12.1. The van der Waals surface area contributed by atoms with Crippen molar-refractivity contribution in [2.24, 2.45) is 0 Å². The van der Waals surface area contributed by atoms with Gasteiger partial charge in [0, 0.05) is 25.1 Å². The Kier molecular flexibility index (Phi) is 3.81. The Labute approximate surface area is 119 Å². The topological polar surface area (TPSA) is 52.6 Å². The van der Waals surface area contributed by atoms with Crippen molar-refractivity contribution in [3.63, 3.8) is 0 Å². The summed E-state index contributed by atoms with van der Waals surface area (Å²) in [4.78, 5) is 4.26. The molecule has 1 N–H and O–H groups in total. The number of rotatable bonds is 3. The Morgan fingerprint density at radius 1 is 1.30 bits per heavy atom. The summed E-state index contributed by atoms with van der Waals surface area (Å²) in [7, 11) is 1.69. The van der Waals surface area contributed by atoms with E-state index in [4.69, 9.17) is 14.2 Å². The Morgan fingerprint density at radius 3 is 2.65 bits per heavy atom. The molecule has 3 rings (SSSR count). The van der Waals surface area contributed by atoms with Crippen molar-refractivity contribution in [3.05, 3.63) is 18.0 Å². The van der Waals surface area contributed by atoms with E-state index in [1.807, 2.05) is 19.2 Å². The minimum atomic E-state index is -0.295. The van der Waals surface area contributed by atoms with E-state index < -0.39 is 0 Å². The third-order valence-corrected chi connectivity index (χ3v) is 4.21. The summed E-state index contributed by atoms with van der Waals surface area (Å²) in [5, 5.41) is 3.57. The monoisotopic (exact) mass is 278 g/mol. The molecular weight excluding hydrogens is 256 g/mol. The predicted molar refractivity (Wildman–Crippen MR) is 76.0 cm³/mol. The average molecular weight is 278 g/mol. The maximum Gasteiger partial charge on any atom is 0.168 e. The minimum absolute atomic E-state index is 0.295. The zero-order valence-electron chi connectivity index (χ0n) is 12.1. The maximum atomic E-state index is 5.76. The van der Waals surface area contributed by atoms with Gasteiger partial charge in [0.15, 0.2) is 11.5 Å². The normalized spacial score (nSPS) is 22.1. The van der Waals surface area contributed by atoms with Crippen LogP contribution in [-0.2, 0) is 9.47 Å². The molecule has 0 bridgehead atoms. The van der Waals surface area contributed by atoms with Crippen molar-refractivity contribution in [1.82, 2.24) is 4.98 Å². The number of nitrogens with one attached hydrogen (secondary N) is 1. The third kappa shape index (κ3) is 2.60. The lowest BCUT2D eigenvalue weighted by atomic mass is 9.90. The number of aryl methyl sites for hydroxylation is 1. The van der Waals surface area contributed by atoms with Gasteiger partial charge < -0.3 is 19.5 Å². The number of anilines is 1. The van der Waals surface area contributed by atoms with Gasteiger partial charge in [-0.3, -0.25) is 4.98 Å². The summed E-state index contributed by atoms with van der Waals surface area (Å²) in [6.45, 7) is 3.42. The average Bonchev–Trinajstić information content (AvgIpc) is 2.90. The fraction of sp³-hybridized carbons (Fsp3) is 0.667. The molecule has 1 spiro atoms. The lowest BCUT2D eigenvalue weighted by Gasteiger charge is -2.36. The molecule has 1 aromatic rings. The molecule has 5 heteroatoms. The predicted octanol–water partition coefficient (Wildman–Crippen LogP) is 2.50. The Morgan fingerprint density at radius 2 is 2.00 bits per heavy atom. The number of hydrogen-bond acceptors (Lipinski definition) is 5. The van der Waals surface area contributed by atoms with Crippen molar-refractivity contribution in [3.8, 4) is 5.75 Å². The highest BCUT2D eigenvalue weighted by atomic mass is 16.7. The standard InChI is InChI=1S/C15H22N2O3/c1-11-14(18-2)13(5-8-16-11)17-12-3-6-15(7-4-12)19-9-10-20-15/h5,8,12H,3-4,6-7,9-10H2,1-2H3,(H,16,17). The van der Waals surface area contributed by atoms with Crippen molar-refractivity contribution in [1.29, 1.82) is 0 Å². The molecule has 1 aliphatic heterocycles. The Hall–Kier alpha value is -1.33. The fourth-order valence-electron chi connectivity index (χ4n) is 3.13. The van der Waals surface area contributed by atoms with Gasteiger partial charge in [0.25, 0.3) is 0 Å². The van der Waals surface area contributed by atoms with E-state index in [0.717, 1.165) is 56.0 Å². The van der Waals surface area contributed by atoms with Crippen LogP contribution in [0.15, 0.2) is 12.3 Å². The highest BCUT2D eigenvalue weighted by Gasteiger charge is 2.40. The number of hydrogen-bond donors (Lipinski definition) is 1. The molecule has 2 heterocycles. The zero-order chi connectivity index (χ0) is 14.0.